The van der Waals surface area contributed by atoms with E-state index in [0.29, 0.717) is 11.8 Å². The summed E-state index contributed by atoms with van der Waals surface area (Å²) in [6.07, 6.45) is 4.13. The number of carboxylic acid groups (broad SMARTS) is 1. The minimum Gasteiger partial charge on any atom is -0.481 e. The quantitative estimate of drug-likeness (QED) is 0.679. The lowest BCUT2D eigenvalue weighted by Crippen LogP contribution is -2.01. The Morgan fingerprint density at radius 2 is 2.23 bits per heavy atom. The molecule has 74 valence electrons. The van der Waals surface area contributed by atoms with Crippen LogP contribution < -0.4 is 0 Å². The predicted molar refractivity (Wildman–Crippen MR) is 52.4 cm³/mol. The van der Waals surface area contributed by atoms with Gasteiger partial charge in [-0.2, -0.15) is 0 Å². The minimum absolute atomic E-state index is 0.0481. The van der Waals surface area contributed by atoms with E-state index in [0.717, 1.165) is 12.8 Å². The molecule has 0 saturated heterocycles. The SMILES string of the molecule is CC(C)=CC(C)CC1CC1C(=O)O. The molecule has 1 saturated carbocycles. The maximum Gasteiger partial charge on any atom is 0.306 e. The molecule has 0 bridgehead atoms. The molecule has 13 heavy (non-hydrogen) atoms. The van der Waals surface area contributed by atoms with E-state index in [4.69, 9.17) is 5.11 Å². The van der Waals surface area contributed by atoms with Gasteiger partial charge in [-0.3, -0.25) is 4.79 Å². The first-order chi connectivity index (χ1) is 6.00. The lowest BCUT2D eigenvalue weighted by molar-refractivity contribution is -0.138. The van der Waals surface area contributed by atoms with Gasteiger partial charge < -0.3 is 5.11 Å². The van der Waals surface area contributed by atoms with Crippen molar-refractivity contribution in [3.05, 3.63) is 11.6 Å². The van der Waals surface area contributed by atoms with E-state index in [1.165, 1.54) is 5.57 Å². The van der Waals surface area contributed by atoms with Crippen molar-refractivity contribution in [2.45, 2.75) is 33.6 Å². The summed E-state index contributed by atoms with van der Waals surface area (Å²) >= 11 is 0. The molecule has 0 aliphatic heterocycles. The standard InChI is InChI=1S/C11H18O2/c1-7(2)4-8(3)5-9-6-10(9)11(12)13/h4,8-10H,5-6H2,1-3H3,(H,12,13). The highest BCUT2D eigenvalue weighted by molar-refractivity contribution is 5.73. The third kappa shape index (κ3) is 3.21. The molecule has 0 heterocycles. The molecule has 1 aliphatic carbocycles. The Kier molecular flexibility index (Phi) is 3.12. The van der Waals surface area contributed by atoms with E-state index < -0.39 is 5.97 Å². The second-order valence-electron chi connectivity index (χ2n) is 4.40. The van der Waals surface area contributed by atoms with Gasteiger partial charge >= 0.3 is 5.97 Å². The third-order valence-electron chi connectivity index (χ3n) is 2.53. The number of aliphatic carboxylic acids is 1. The van der Waals surface area contributed by atoms with Gasteiger partial charge in [0.1, 0.15) is 0 Å². The van der Waals surface area contributed by atoms with Gasteiger partial charge in [0.15, 0.2) is 0 Å². The van der Waals surface area contributed by atoms with Gasteiger partial charge in [0.05, 0.1) is 5.92 Å². The maximum absolute atomic E-state index is 10.6. The Bertz CT molecular complexity index is 226. The van der Waals surface area contributed by atoms with Crippen LogP contribution in [0.5, 0.6) is 0 Å². The largest absolute Gasteiger partial charge is 0.481 e. The first kappa shape index (κ1) is 10.3. The molecular formula is C11H18O2. The van der Waals surface area contributed by atoms with Crippen LogP contribution in [0.25, 0.3) is 0 Å². The Morgan fingerprint density at radius 3 is 2.62 bits per heavy atom. The van der Waals surface area contributed by atoms with Crippen molar-refractivity contribution < 1.29 is 9.90 Å². The number of allylic oxidation sites excluding steroid dienone is 2. The van der Waals surface area contributed by atoms with Crippen LogP contribution in [0.15, 0.2) is 11.6 Å². The second-order valence-corrected chi connectivity index (χ2v) is 4.40. The average Bonchev–Trinajstić information content (AvgIpc) is 2.64. The molecule has 0 radical (unpaired) electrons. The molecule has 0 spiro atoms. The molecule has 2 heteroatoms. The molecule has 2 nitrogen and oxygen atoms in total. The van der Waals surface area contributed by atoms with Crippen molar-refractivity contribution in [2.24, 2.45) is 17.8 Å². The van der Waals surface area contributed by atoms with Crippen molar-refractivity contribution in [2.75, 3.05) is 0 Å². The van der Waals surface area contributed by atoms with E-state index in [1.807, 2.05) is 0 Å². The summed E-state index contributed by atoms with van der Waals surface area (Å²) < 4.78 is 0. The molecule has 3 unspecified atom stereocenters. The van der Waals surface area contributed by atoms with Crippen molar-refractivity contribution >= 4 is 5.97 Å². The zero-order valence-electron chi connectivity index (χ0n) is 8.58. The van der Waals surface area contributed by atoms with E-state index in [9.17, 15) is 4.79 Å². The van der Waals surface area contributed by atoms with E-state index in [1.54, 1.807) is 0 Å². The fourth-order valence-corrected chi connectivity index (χ4v) is 1.93. The zero-order chi connectivity index (χ0) is 10.0. The van der Waals surface area contributed by atoms with Gasteiger partial charge in [-0.05, 0) is 38.5 Å². The number of rotatable bonds is 4. The number of hydrogen-bond acceptors (Lipinski definition) is 1. The zero-order valence-corrected chi connectivity index (χ0v) is 8.58. The summed E-state index contributed by atoms with van der Waals surface area (Å²) in [6, 6.07) is 0. The van der Waals surface area contributed by atoms with Crippen LogP contribution in [0.3, 0.4) is 0 Å². The molecule has 3 atom stereocenters. The fourth-order valence-electron chi connectivity index (χ4n) is 1.93. The molecule has 1 rings (SSSR count). The summed E-state index contributed by atoms with van der Waals surface area (Å²) in [4.78, 5) is 10.6. The van der Waals surface area contributed by atoms with Crippen LogP contribution in [0.2, 0.25) is 0 Å². The number of carboxylic acids is 1. The Morgan fingerprint density at radius 1 is 1.62 bits per heavy atom. The van der Waals surface area contributed by atoms with Crippen LogP contribution in [0.1, 0.15) is 33.6 Å². The highest BCUT2D eigenvalue weighted by atomic mass is 16.4. The highest BCUT2D eigenvalue weighted by Gasteiger charge is 2.43. The monoisotopic (exact) mass is 182 g/mol. The van der Waals surface area contributed by atoms with E-state index >= 15 is 0 Å². The maximum atomic E-state index is 10.6. The summed E-state index contributed by atoms with van der Waals surface area (Å²) in [6.45, 7) is 6.32. The predicted octanol–water partition coefficient (Wildman–Crippen LogP) is 2.70. The number of hydrogen-bond donors (Lipinski definition) is 1. The van der Waals surface area contributed by atoms with Gasteiger partial charge in [0.25, 0.3) is 0 Å². The lowest BCUT2D eigenvalue weighted by atomic mass is 10.0. The summed E-state index contributed by atoms with van der Waals surface area (Å²) in [5.74, 6) is 0.296. The first-order valence-electron chi connectivity index (χ1n) is 4.88. The number of carbonyl (C=O) groups is 1. The Hall–Kier alpha value is -0.790. The van der Waals surface area contributed by atoms with E-state index in [2.05, 4.69) is 26.8 Å². The Labute approximate surface area is 79.6 Å². The third-order valence-corrected chi connectivity index (χ3v) is 2.53. The van der Waals surface area contributed by atoms with E-state index in [-0.39, 0.29) is 5.92 Å². The molecular weight excluding hydrogens is 164 g/mol. The average molecular weight is 182 g/mol. The molecule has 1 fully saturated rings. The topological polar surface area (TPSA) is 37.3 Å². The van der Waals surface area contributed by atoms with Crippen LogP contribution in [-0.2, 0) is 4.79 Å². The normalized spacial score (nSPS) is 27.9. The fraction of sp³-hybridized carbons (Fsp3) is 0.727. The second kappa shape index (κ2) is 3.95. The van der Waals surface area contributed by atoms with Gasteiger partial charge in [0.2, 0.25) is 0 Å². The van der Waals surface area contributed by atoms with Crippen LogP contribution >= 0.6 is 0 Å². The molecule has 0 amide bonds. The van der Waals surface area contributed by atoms with Crippen molar-refractivity contribution in [3.63, 3.8) is 0 Å². The molecule has 1 N–H and O–H groups in total. The molecule has 0 aromatic heterocycles. The van der Waals surface area contributed by atoms with Gasteiger partial charge in [-0.15, -0.1) is 0 Å². The lowest BCUT2D eigenvalue weighted by Gasteiger charge is -2.05. The summed E-state index contributed by atoms with van der Waals surface area (Å²) in [5.41, 5.74) is 1.32. The van der Waals surface area contributed by atoms with Gasteiger partial charge in [0, 0.05) is 0 Å². The van der Waals surface area contributed by atoms with Crippen molar-refractivity contribution in [3.8, 4) is 0 Å². The molecule has 0 aromatic carbocycles. The van der Waals surface area contributed by atoms with Gasteiger partial charge in [-0.1, -0.05) is 18.6 Å². The van der Waals surface area contributed by atoms with Crippen LogP contribution in [0, 0.1) is 17.8 Å². The van der Waals surface area contributed by atoms with Gasteiger partial charge in [-0.25, -0.2) is 0 Å². The minimum atomic E-state index is -0.616. The smallest absolute Gasteiger partial charge is 0.306 e. The Balaban J connectivity index is 2.28. The molecule has 0 aromatic rings. The molecule has 1 aliphatic rings. The first-order valence-corrected chi connectivity index (χ1v) is 4.88. The summed E-state index contributed by atoms with van der Waals surface area (Å²) in [7, 11) is 0. The summed E-state index contributed by atoms with van der Waals surface area (Å²) in [5, 5.41) is 8.70. The highest BCUT2D eigenvalue weighted by Crippen LogP contribution is 2.43. The van der Waals surface area contributed by atoms with Crippen molar-refractivity contribution in [1.29, 1.82) is 0 Å². The van der Waals surface area contributed by atoms with Crippen LogP contribution in [-0.4, -0.2) is 11.1 Å². The van der Waals surface area contributed by atoms with Crippen molar-refractivity contribution in [1.82, 2.24) is 0 Å². The van der Waals surface area contributed by atoms with Crippen LogP contribution in [0.4, 0.5) is 0 Å².